The molecule has 2 atom stereocenters. The van der Waals surface area contributed by atoms with Crippen molar-refractivity contribution in [1.29, 1.82) is 0 Å². The molecule has 0 aromatic carbocycles. The van der Waals surface area contributed by atoms with Gasteiger partial charge in [0.2, 0.25) is 0 Å². The van der Waals surface area contributed by atoms with E-state index in [1.165, 1.54) is 0 Å². The molecule has 0 aliphatic carbocycles. The summed E-state index contributed by atoms with van der Waals surface area (Å²) >= 11 is 0. The first kappa shape index (κ1) is 22.6. The second-order valence-corrected chi connectivity index (χ2v) is 8.50. The zero-order valence-corrected chi connectivity index (χ0v) is 19.0. The van der Waals surface area contributed by atoms with E-state index in [1.54, 1.807) is 24.3 Å². The molecule has 1 aliphatic rings. The molecule has 166 valence electrons. The third kappa shape index (κ3) is 5.56. The van der Waals surface area contributed by atoms with Crippen LogP contribution in [0.4, 0.5) is 4.79 Å². The quantitative estimate of drug-likeness (QED) is 0.549. The number of carbonyl (C=O) groups is 1. The Bertz CT molecular complexity index is 983. The van der Waals surface area contributed by atoms with E-state index in [0.717, 1.165) is 5.69 Å². The molecule has 2 aromatic rings. The van der Waals surface area contributed by atoms with Crippen LogP contribution in [0.1, 0.15) is 63.8 Å². The van der Waals surface area contributed by atoms with E-state index in [2.05, 4.69) is 21.9 Å². The molecule has 3 rings (SSSR count). The summed E-state index contributed by atoms with van der Waals surface area (Å²) < 4.78 is 18.2. The van der Waals surface area contributed by atoms with Crippen LogP contribution in [0.2, 0.25) is 0 Å². The first-order valence-electron chi connectivity index (χ1n) is 10.4. The number of hydrogen-bond acceptors (Lipinski definition) is 6. The summed E-state index contributed by atoms with van der Waals surface area (Å²) in [7, 11) is 1.62. The van der Waals surface area contributed by atoms with Gasteiger partial charge in [-0.1, -0.05) is 0 Å². The van der Waals surface area contributed by atoms with Crippen molar-refractivity contribution in [2.45, 2.75) is 52.3 Å². The van der Waals surface area contributed by atoms with Gasteiger partial charge in [-0.05, 0) is 64.7 Å². The predicted molar refractivity (Wildman–Crippen MR) is 116 cm³/mol. The molecule has 0 spiro atoms. The normalized spacial score (nSPS) is 18.1. The van der Waals surface area contributed by atoms with Gasteiger partial charge in [0.1, 0.15) is 17.9 Å². The van der Waals surface area contributed by atoms with Gasteiger partial charge in [0.15, 0.2) is 11.4 Å². The molecule has 0 unspecified atom stereocenters. The van der Waals surface area contributed by atoms with E-state index in [0.29, 0.717) is 36.9 Å². The Labute approximate surface area is 183 Å². The minimum absolute atomic E-state index is 0.0112. The van der Waals surface area contributed by atoms with Crippen LogP contribution in [0.15, 0.2) is 24.4 Å². The number of aromatic nitrogens is 3. The van der Waals surface area contributed by atoms with Gasteiger partial charge in [-0.3, -0.25) is 9.58 Å². The van der Waals surface area contributed by atoms with Gasteiger partial charge in [-0.15, -0.1) is 0 Å². The first-order valence-corrected chi connectivity index (χ1v) is 10.4. The average Bonchev–Trinajstić information content (AvgIpc) is 3.14. The summed E-state index contributed by atoms with van der Waals surface area (Å²) in [5, 5.41) is 4.65. The van der Waals surface area contributed by atoms with Gasteiger partial charge >= 0.3 is 6.09 Å². The van der Waals surface area contributed by atoms with E-state index in [1.807, 2.05) is 51.4 Å². The number of amides is 1. The van der Waals surface area contributed by atoms with E-state index in [9.17, 15) is 4.79 Å². The Balaban J connectivity index is 1.81. The van der Waals surface area contributed by atoms with Crippen molar-refractivity contribution in [2.24, 2.45) is 0 Å². The summed E-state index contributed by atoms with van der Waals surface area (Å²) in [5.41, 5.74) is 1.54. The molecule has 2 aromatic heterocycles. The molecule has 0 N–H and O–H groups in total. The monoisotopic (exact) mass is 426 g/mol. The van der Waals surface area contributed by atoms with Crippen molar-refractivity contribution >= 4 is 6.09 Å². The van der Waals surface area contributed by atoms with Gasteiger partial charge < -0.3 is 14.2 Å². The zero-order valence-electron chi connectivity index (χ0n) is 19.0. The van der Waals surface area contributed by atoms with Crippen molar-refractivity contribution in [1.82, 2.24) is 19.7 Å². The van der Waals surface area contributed by atoms with Crippen LogP contribution in [0, 0.1) is 11.8 Å². The molecule has 0 saturated carbocycles. The van der Waals surface area contributed by atoms with Crippen molar-refractivity contribution in [2.75, 3.05) is 26.9 Å². The third-order valence-corrected chi connectivity index (χ3v) is 4.79. The summed E-state index contributed by atoms with van der Waals surface area (Å²) in [6.07, 6.45) is 1.35. The number of hydrogen-bond donors (Lipinski definition) is 0. The molecular weight excluding hydrogens is 396 g/mol. The standard InChI is InChI=1S/C23H30N4O4/c1-16-15-26(22(28)31-23(3,4)5)17(2)20-14-18(25-27(16)20)9-10-19-21(8-7-11-24-19)30-13-12-29-6/h7-8,11,14,16-17H,12-13,15H2,1-6H3/t16-,17+/m0/s1. The molecule has 0 radical (unpaired) electrons. The third-order valence-electron chi connectivity index (χ3n) is 4.79. The van der Waals surface area contributed by atoms with Crippen molar-refractivity contribution in [3.05, 3.63) is 41.5 Å². The van der Waals surface area contributed by atoms with Gasteiger partial charge in [0.25, 0.3) is 0 Å². The Morgan fingerprint density at radius 2 is 2.03 bits per heavy atom. The van der Waals surface area contributed by atoms with E-state index in [4.69, 9.17) is 14.2 Å². The van der Waals surface area contributed by atoms with E-state index in [-0.39, 0.29) is 18.2 Å². The Morgan fingerprint density at radius 1 is 1.26 bits per heavy atom. The lowest BCUT2D eigenvalue weighted by molar-refractivity contribution is 0.00864. The number of carbonyl (C=O) groups excluding carboxylic acids is 1. The van der Waals surface area contributed by atoms with Gasteiger partial charge in [0, 0.05) is 19.9 Å². The molecule has 1 aliphatic heterocycles. The van der Waals surface area contributed by atoms with Crippen LogP contribution in [0.5, 0.6) is 5.75 Å². The van der Waals surface area contributed by atoms with Crippen LogP contribution < -0.4 is 4.74 Å². The number of pyridine rings is 1. The summed E-state index contributed by atoms with van der Waals surface area (Å²) in [6.45, 7) is 11.0. The minimum Gasteiger partial charge on any atom is -0.488 e. The topological polar surface area (TPSA) is 78.7 Å². The Hall–Kier alpha value is -3.05. The minimum atomic E-state index is -0.542. The highest BCUT2D eigenvalue weighted by Gasteiger charge is 2.35. The van der Waals surface area contributed by atoms with E-state index < -0.39 is 5.60 Å². The summed E-state index contributed by atoms with van der Waals surface area (Å²) in [6, 6.07) is 5.39. The maximum atomic E-state index is 12.7. The van der Waals surface area contributed by atoms with Crippen LogP contribution in [0.25, 0.3) is 0 Å². The lowest BCUT2D eigenvalue weighted by Gasteiger charge is -2.38. The molecule has 0 fully saturated rings. The Kier molecular flexibility index (Phi) is 6.86. The molecule has 8 nitrogen and oxygen atoms in total. The molecule has 3 heterocycles. The maximum Gasteiger partial charge on any atom is 0.410 e. The molecular formula is C23H30N4O4. The smallest absolute Gasteiger partial charge is 0.410 e. The summed E-state index contributed by atoms with van der Waals surface area (Å²) in [5.74, 6) is 6.74. The average molecular weight is 427 g/mol. The van der Waals surface area contributed by atoms with Crippen LogP contribution in [-0.4, -0.2) is 58.2 Å². The van der Waals surface area contributed by atoms with Crippen LogP contribution in [-0.2, 0) is 9.47 Å². The highest BCUT2D eigenvalue weighted by Crippen LogP contribution is 2.31. The largest absolute Gasteiger partial charge is 0.488 e. The van der Waals surface area contributed by atoms with Gasteiger partial charge in [0.05, 0.1) is 24.4 Å². The molecule has 8 heteroatoms. The second kappa shape index (κ2) is 9.40. The number of fused-ring (bicyclic) bond motifs is 1. The maximum absolute atomic E-state index is 12.7. The molecule has 0 saturated heterocycles. The number of methoxy groups -OCH3 is 1. The Morgan fingerprint density at radius 3 is 2.74 bits per heavy atom. The highest BCUT2D eigenvalue weighted by atomic mass is 16.6. The fourth-order valence-electron chi connectivity index (χ4n) is 3.33. The number of rotatable bonds is 4. The number of ether oxygens (including phenoxy) is 3. The van der Waals surface area contributed by atoms with E-state index >= 15 is 0 Å². The van der Waals surface area contributed by atoms with Crippen molar-refractivity contribution in [3.8, 4) is 17.6 Å². The predicted octanol–water partition coefficient (Wildman–Crippen LogP) is 3.58. The lowest BCUT2D eigenvalue weighted by Crippen LogP contribution is -2.45. The number of nitrogens with zero attached hydrogens (tertiary/aromatic N) is 4. The zero-order chi connectivity index (χ0) is 22.6. The fourth-order valence-corrected chi connectivity index (χ4v) is 3.33. The van der Waals surface area contributed by atoms with Gasteiger partial charge in [-0.2, -0.15) is 5.10 Å². The highest BCUT2D eigenvalue weighted by molar-refractivity contribution is 5.69. The lowest BCUT2D eigenvalue weighted by atomic mass is 10.1. The molecule has 31 heavy (non-hydrogen) atoms. The SMILES string of the molecule is COCCOc1cccnc1C#Cc1cc2n(n1)[C@@H](C)CN(C(=O)OC(C)(C)C)[C@@H]2C. The fraction of sp³-hybridized carbons (Fsp3) is 0.522. The van der Waals surface area contributed by atoms with Crippen LogP contribution >= 0.6 is 0 Å². The first-order chi connectivity index (χ1) is 14.7. The van der Waals surface area contributed by atoms with Crippen molar-refractivity contribution < 1.29 is 19.0 Å². The van der Waals surface area contributed by atoms with Crippen molar-refractivity contribution in [3.63, 3.8) is 0 Å². The second-order valence-electron chi connectivity index (χ2n) is 8.50. The molecule has 1 amide bonds. The van der Waals surface area contributed by atoms with Gasteiger partial charge in [-0.25, -0.2) is 9.78 Å². The van der Waals surface area contributed by atoms with Crippen LogP contribution in [0.3, 0.4) is 0 Å². The summed E-state index contributed by atoms with van der Waals surface area (Å²) in [4.78, 5) is 18.7. The molecule has 0 bridgehead atoms.